The molecule has 1 amide bonds. The summed E-state index contributed by atoms with van der Waals surface area (Å²) in [7, 11) is 0. The minimum Gasteiger partial charge on any atom is -0.455 e. The van der Waals surface area contributed by atoms with Gasteiger partial charge in [0.15, 0.2) is 6.61 Å². The molecule has 0 spiro atoms. The molecule has 0 radical (unpaired) electrons. The quantitative estimate of drug-likeness (QED) is 0.852. The monoisotopic (exact) mass is 325 g/mol. The summed E-state index contributed by atoms with van der Waals surface area (Å²) in [6, 6.07) is 14.0. The molecular formula is C20H23NO3. The SMILES string of the molecule is C[C@H](NC(=O)COC(=O)C1CCCC1)c1cccc2ccccc12. The van der Waals surface area contributed by atoms with Gasteiger partial charge in [-0.3, -0.25) is 9.59 Å². The fourth-order valence-corrected chi connectivity index (χ4v) is 3.40. The topological polar surface area (TPSA) is 55.4 Å². The van der Waals surface area contributed by atoms with E-state index in [0.29, 0.717) is 0 Å². The first-order valence-electron chi connectivity index (χ1n) is 8.59. The number of amides is 1. The fourth-order valence-electron chi connectivity index (χ4n) is 3.40. The lowest BCUT2D eigenvalue weighted by molar-refractivity contribution is -0.152. The molecule has 1 N–H and O–H groups in total. The van der Waals surface area contributed by atoms with Crippen LogP contribution in [0.1, 0.15) is 44.2 Å². The van der Waals surface area contributed by atoms with Crippen LogP contribution in [0.5, 0.6) is 0 Å². The van der Waals surface area contributed by atoms with Crippen molar-refractivity contribution in [3.8, 4) is 0 Å². The Morgan fingerprint density at radius 3 is 2.62 bits per heavy atom. The zero-order chi connectivity index (χ0) is 16.9. The number of rotatable bonds is 5. The summed E-state index contributed by atoms with van der Waals surface area (Å²) in [5.74, 6) is -0.518. The van der Waals surface area contributed by atoms with E-state index in [1.807, 2.05) is 37.3 Å². The van der Waals surface area contributed by atoms with E-state index in [4.69, 9.17) is 4.74 Å². The zero-order valence-electron chi connectivity index (χ0n) is 14.0. The maximum absolute atomic E-state index is 12.1. The van der Waals surface area contributed by atoms with Gasteiger partial charge in [0.25, 0.3) is 5.91 Å². The van der Waals surface area contributed by atoms with Crippen LogP contribution in [0.2, 0.25) is 0 Å². The van der Waals surface area contributed by atoms with Crippen LogP contribution in [0, 0.1) is 5.92 Å². The van der Waals surface area contributed by atoms with Crippen molar-refractivity contribution in [3.63, 3.8) is 0 Å². The molecule has 4 heteroatoms. The number of esters is 1. The Morgan fingerprint density at radius 1 is 1.12 bits per heavy atom. The summed E-state index contributed by atoms with van der Waals surface area (Å²) in [5, 5.41) is 5.18. The predicted molar refractivity (Wildman–Crippen MR) is 93.4 cm³/mol. The van der Waals surface area contributed by atoms with Crippen LogP contribution >= 0.6 is 0 Å². The first-order valence-corrected chi connectivity index (χ1v) is 8.59. The number of hydrogen-bond donors (Lipinski definition) is 1. The van der Waals surface area contributed by atoms with Crippen molar-refractivity contribution in [2.24, 2.45) is 5.92 Å². The van der Waals surface area contributed by atoms with Crippen molar-refractivity contribution in [2.45, 2.75) is 38.6 Å². The minimum absolute atomic E-state index is 0.0201. The average Bonchev–Trinajstić information content (AvgIpc) is 3.14. The number of nitrogens with one attached hydrogen (secondary N) is 1. The zero-order valence-corrected chi connectivity index (χ0v) is 14.0. The van der Waals surface area contributed by atoms with Crippen LogP contribution < -0.4 is 5.32 Å². The van der Waals surface area contributed by atoms with E-state index in [1.54, 1.807) is 0 Å². The maximum atomic E-state index is 12.1. The molecule has 0 bridgehead atoms. The van der Waals surface area contributed by atoms with Crippen molar-refractivity contribution in [1.82, 2.24) is 5.32 Å². The van der Waals surface area contributed by atoms with Gasteiger partial charge in [0.2, 0.25) is 0 Å². The van der Waals surface area contributed by atoms with E-state index in [1.165, 1.54) is 0 Å². The van der Waals surface area contributed by atoms with Gasteiger partial charge in [-0.15, -0.1) is 0 Å². The molecule has 24 heavy (non-hydrogen) atoms. The molecule has 2 aromatic carbocycles. The summed E-state index contributed by atoms with van der Waals surface area (Å²) in [5.41, 5.74) is 1.06. The van der Waals surface area contributed by atoms with Crippen molar-refractivity contribution >= 4 is 22.6 Å². The summed E-state index contributed by atoms with van der Waals surface area (Å²) in [6.45, 7) is 1.74. The highest BCUT2D eigenvalue weighted by molar-refractivity contribution is 5.87. The number of carbonyl (C=O) groups excluding carboxylic acids is 2. The highest BCUT2D eigenvalue weighted by Crippen LogP contribution is 2.26. The van der Waals surface area contributed by atoms with Gasteiger partial charge < -0.3 is 10.1 Å². The van der Waals surface area contributed by atoms with Gasteiger partial charge >= 0.3 is 5.97 Å². The minimum atomic E-state index is -0.262. The summed E-state index contributed by atoms with van der Waals surface area (Å²) in [6.07, 6.45) is 3.91. The maximum Gasteiger partial charge on any atom is 0.309 e. The molecule has 4 nitrogen and oxygen atoms in total. The van der Waals surface area contributed by atoms with Crippen LogP contribution in [0.25, 0.3) is 10.8 Å². The molecule has 2 aromatic rings. The third-order valence-corrected chi connectivity index (χ3v) is 4.70. The molecule has 126 valence electrons. The summed E-state index contributed by atoms with van der Waals surface area (Å²) < 4.78 is 5.16. The van der Waals surface area contributed by atoms with E-state index in [-0.39, 0.29) is 30.4 Å². The third kappa shape index (κ3) is 3.75. The third-order valence-electron chi connectivity index (χ3n) is 4.70. The van der Waals surface area contributed by atoms with E-state index in [2.05, 4.69) is 17.4 Å². The molecule has 0 aliphatic heterocycles. The Hall–Kier alpha value is -2.36. The number of fused-ring (bicyclic) bond motifs is 1. The largest absolute Gasteiger partial charge is 0.455 e. The second-order valence-electron chi connectivity index (χ2n) is 6.45. The number of carbonyl (C=O) groups is 2. The van der Waals surface area contributed by atoms with Gasteiger partial charge in [-0.05, 0) is 36.1 Å². The molecule has 3 rings (SSSR count). The molecule has 1 fully saturated rings. The van der Waals surface area contributed by atoms with Gasteiger partial charge in [-0.2, -0.15) is 0 Å². The van der Waals surface area contributed by atoms with Crippen LogP contribution in [0.4, 0.5) is 0 Å². The lowest BCUT2D eigenvalue weighted by Gasteiger charge is -2.17. The normalized spacial score (nSPS) is 16.0. The Kier molecular flexibility index (Phi) is 5.14. The molecule has 0 unspecified atom stereocenters. The van der Waals surface area contributed by atoms with E-state index < -0.39 is 0 Å². The average molecular weight is 325 g/mol. The first-order chi connectivity index (χ1) is 11.6. The van der Waals surface area contributed by atoms with Gasteiger partial charge in [-0.1, -0.05) is 55.3 Å². The molecule has 0 heterocycles. The molecule has 1 atom stereocenters. The van der Waals surface area contributed by atoms with Gasteiger partial charge in [0.1, 0.15) is 0 Å². The Bertz CT molecular complexity index is 729. The van der Waals surface area contributed by atoms with Crippen molar-refractivity contribution in [3.05, 3.63) is 48.0 Å². The molecule has 0 aromatic heterocycles. The van der Waals surface area contributed by atoms with E-state index >= 15 is 0 Å². The molecule has 1 aliphatic rings. The molecule has 0 saturated heterocycles. The lowest BCUT2D eigenvalue weighted by Crippen LogP contribution is -2.32. The van der Waals surface area contributed by atoms with Gasteiger partial charge in [0.05, 0.1) is 12.0 Å². The van der Waals surface area contributed by atoms with Crippen LogP contribution in [0.3, 0.4) is 0 Å². The standard InChI is InChI=1S/C20H23NO3/c1-14(17-12-6-10-15-7-4-5-11-18(15)17)21-19(22)13-24-20(23)16-8-2-3-9-16/h4-7,10-12,14,16H,2-3,8-9,13H2,1H3,(H,21,22)/t14-/m0/s1. The number of ether oxygens (including phenoxy) is 1. The van der Waals surface area contributed by atoms with Gasteiger partial charge in [0, 0.05) is 0 Å². The van der Waals surface area contributed by atoms with Crippen LogP contribution in [-0.4, -0.2) is 18.5 Å². The van der Waals surface area contributed by atoms with Crippen molar-refractivity contribution in [2.75, 3.05) is 6.61 Å². The second kappa shape index (κ2) is 7.47. The van der Waals surface area contributed by atoms with Crippen LogP contribution in [0.15, 0.2) is 42.5 Å². The van der Waals surface area contributed by atoms with Gasteiger partial charge in [-0.25, -0.2) is 0 Å². The smallest absolute Gasteiger partial charge is 0.309 e. The lowest BCUT2D eigenvalue weighted by atomic mass is 10.00. The van der Waals surface area contributed by atoms with E-state index in [9.17, 15) is 9.59 Å². The van der Waals surface area contributed by atoms with E-state index in [0.717, 1.165) is 42.0 Å². The Balaban J connectivity index is 1.58. The Labute approximate surface area is 142 Å². The predicted octanol–water partition coefficient (Wildman–Crippen LogP) is 3.75. The highest BCUT2D eigenvalue weighted by atomic mass is 16.5. The number of benzene rings is 2. The molecule has 1 saturated carbocycles. The molecule has 1 aliphatic carbocycles. The highest BCUT2D eigenvalue weighted by Gasteiger charge is 2.24. The summed E-state index contributed by atoms with van der Waals surface area (Å²) in [4.78, 5) is 24.0. The summed E-state index contributed by atoms with van der Waals surface area (Å²) >= 11 is 0. The molecular weight excluding hydrogens is 302 g/mol. The first kappa shape index (κ1) is 16.5. The fraction of sp³-hybridized carbons (Fsp3) is 0.400. The second-order valence-corrected chi connectivity index (χ2v) is 6.45. The number of hydrogen-bond acceptors (Lipinski definition) is 3. The van der Waals surface area contributed by atoms with Crippen molar-refractivity contribution in [1.29, 1.82) is 0 Å². The van der Waals surface area contributed by atoms with Crippen molar-refractivity contribution < 1.29 is 14.3 Å². The Morgan fingerprint density at radius 2 is 1.83 bits per heavy atom. The van der Waals surface area contributed by atoms with Crippen LogP contribution in [-0.2, 0) is 14.3 Å².